The van der Waals surface area contributed by atoms with Gasteiger partial charge in [0.2, 0.25) is 5.16 Å². The summed E-state index contributed by atoms with van der Waals surface area (Å²) in [4.78, 5) is 25.3. The fraction of sp³-hybridized carbons (Fsp3) is 0.200. The highest BCUT2D eigenvalue weighted by atomic mass is 32.2. The number of methoxy groups -OCH3 is 1. The summed E-state index contributed by atoms with van der Waals surface area (Å²) in [6.45, 7) is 1.89. The van der Waals surface area contributed by atoms with Gasteiger partial charge in [0.05, 0.1) is 28.1 Å². The highest BCUT2D eigenvalue weighted by Crippen LogP contribution is 2.37. The van der Waals surface area contributed by atoms with Crippen molar-refractivity contribution in [3.8, 4) is 11.1 Å². The summed E-state index contributed by atoms with van der Waals surface area (Å²) in [5, 5.41) is 0.230. The van der Waals surface area contributed by atoms with Crippen molar-refractivity contribution in [3.05, 3.63) is 35.1 Å². The van der Waals surface area contributed by atoms with Gasteiger partial charge >= 0.3 is 5.97 Å². The van der Waals surface area contributed by atoms with E-state index in [0.717, 1.165) is 16.0 Å². The molecule has 0 saturated carbocycles. The third-order valence-electron chi connectivity index (χ3n) is 3.24. The molecule has 0 radical (unpaired) electrons. The maximum Gasteiger partial charge on any atom is 0.348 e. The monoisotopic (exact) mass is 347 g/mol. The Balaban J connectivity index is 2.33. The van der Waals surface area contributed by atoms with Gasteiger partial charge < -0.3 is 4.74 Å². The van der Waals surface area contributed by atoms with E-state index in [4.69, 9.17) is 4.74 Å². The van der Waals surface area contributed by atoms with Crippen molar-refractivity contribution in [2.24, 2.45) is 0 Å². The zero-order valence-electron chi connectivity index (χ0n) is 12.7. The highest BCUT2D eigenvalue weighted by molar-refractivity contribution is 7.84. The van der Waals surface area contributed by atoms with Gasteiger partial charge in [-0.15, -0.1) is 11.3 Å². The Labute approximate surface area is 139 Å². The lowest BCUT2D eigenvalue weighted by Gasteiger charge is -2.04. The highest BCUT2D eigenvalue weighted by Gasteiger charge is 2.22. The molecule has 0 bridgehead atoms. The second-order valence-electron chi connectivity index (χ2n) is 4.81. The standard InChI is InChI=1S/C15H13N3O3S2/c1-8-4-5-9(6-16-8)11-12-10(22-13(11)14(19)21-2)7-17-15(18-12)23(3)20/h4-7H,1-3H3/t23-/m0/s1. The number of esters is 1. The molecule has 0 aliphatic heterocycles. The van der Waals surface area contributed by atoms with Crippen LogP contribution in [-0.2, 0) is 15.5 Å². The normalized spacial score (nSPS) is 12.3. The molecule has 8 heteroatoms. The Morgan fingerprint density at radius 3 is 2.65 bits per heavy atom. The Bertz CT molecular complexity index is 920. The van der Waals surface area contributed by atoms with Gasteiger partial charge in [-0.3, -0.25) is 9.19 Å². The quantitative estimate of drug-likeness (QED) is 0.535. The molecular weight excluding hydrogens is 334 g/mol. The van der Waals surface area contributed by atoms with Gasteiger partial charge in [0, 0.05) is 35.5 Å². The average Bonchev–Trinajstić information content (AvgIpc) is 2.93. The first-order chi connectivity index (χ1) is 11.0. The number of pyridine rings is 1. The molecule has 0 amide bonds. The molecule has 23 heavy (non-hydrogen) atoms. The smallest absolute Gasteiger partial charge is 0.348 e. The van der Waals surface area contributed by atoms with E-state index in [0.29, 0.717) is 16.0 Å². The summed E-state index contributed by atoms with van der Waals surface area (Å²) in [7, 11) is 0.0295. The summed E-state index contributed by atoms with van der Waals surface area (Å²) in [5.41, 5.74) is 2.85. The third-order valence-corrected chi connectivity index (χ3v) is 5.04. The molecule has 6 nitrogen and oxygen atoms in total. The van der Waals surface area contributed by atoms with E-state index in [1.165, 1.54) is 24.7 Å². The first kappa shape index (κ1) is 15.7. The first-order valence-corrected chi connectivity index (χ1v) is 9.03. The van der Waals surface area contributed by atoms with Crippen LogP contribution in [0.5, 0.6) is 0 Å². The molecule has 0 aromatic carbocycles. The first-order valence-electron chi connectivity index (χ1n) is 6.65. The van der Waals surface area contributed by atoms with E-state index in [-0.39, 0.29) is 5.16 Å². The van der Waals surface area contributed by atoms with Gasteiger partial charge in [-0.05, 0) is 13.0 Å². The number of aryl methyl sites for hydroxylation is 1. The van der Waals surface area contributed by atoms with Crippen LogP contribution in [0.1, 0.15) is 15.4 Å². The molecular formula is C15H13N3O3S2. The van der Waals surface area contributed by atoms with Gasteiger partial charge in [-0.25, -0.2) is 14.8 Å². The van der Waals surface area contributed by atoms with Gasteiger partial charge in [0.25, 0.3) is 0 Å². The topological polar surface area (TPSA) is 82.0 Å². The van der Waals surface area contributed by atoms with Crippen LogP contribution in [0.15, 0.2) is 29.7 Å². The largest absolute Gasteiger partial charge is 0.465 e. The van der Waals surface area contributed by atoms with Crippen LogP contribution in [0, 0.1) is 6.92 Å². The van der Waals surface area contributed by atoms with Crippen LogP contribution >= 0.6 is 11.3 Å². The van der Waals surface area contributed by atoms with Crippen molar-refractivity contribution in [1.82, 2.24) is 15.0 Å². The van der Waals surface area contributed by atoms with E-state index in [2.05, 4.69) is 15.0 Å². The Morgan fingerprint density at radius 1 is 1.26 bits per heavy atom. The predicted molar refractivity (Wildman–Crippen MR) is 89.1 cm³/mol. The molecule has 3 rings (SSSR count). The lowest BCUT2D eigenvalue weighted by molar-refractivity contribution is 0.0607. The van der Waals surface area contributed by atoms with Crippen LogP contribution in [0.4, 0.5) is 0 Å². The van der Waals surface area contributed by atoms with Gasteiger partial charge in [0.1, 0.15) is 4.88 Å². The summed E-state index contributed by atoms with van der Waals surface area (Å²) in [6, 6.07) is 3.74. The van der Waals surface area contributed by atoms with E-state index >= 15 is 0 Å². The Kier molecular flexibility index (Phi) is 4.18. The number of rotatable bonds is 3. The van der Waals surface area contributed by atoms with E-state index in [1.54, 1.807) is 12.4 Å². The number of fused-ring (bicyclic) bond motifs is 1. The van der Waals surface area contributed by atoms with Gasteiger partial charge in [0.15, 0.2) is 0 Å². The Morgan fingerprint density at radius 2 is 2.04 bits per heavy atom. The second kappa shape index (κ2) is 6.13. The molecule has 0 aliphatic rings. The van der Waals surface area contributed by atoms with E-state index < -0.39 is 16.8 Å². The second-order valence-corrected chi connectivity index (χ2v) is 7.13. The van der Waals surface area contributed by atoms with Crippen molar-refractivity contribution >= 4 is 38.3 Å². The molecule has 3 aromatic rings. The molecule has 0 N–H and O–H groups in total. The van der Waals surface area contributed by atoms with Crippen molar-refractivity contribution in [2.75, 3.05) is 13.4 Å². The van der Waals surface area contributed by atoms with Crippen LogP contribution < -0.4 is 0 Å². The maximum absolute atomic E-state index is 12.1. The lowest BCUT2D eigenvalue weighted by atomic mass is 10.1. The van der Waals surface area contributed by atoms with Gasteiger partial charge in [-0.2, -0.15) is 0 Å². The molecule has 0 aliphatic carbocycles. The molecule has 1 atom stereocenters. The lowest BCUT2D eigenvalue weighted by Crippen LogP contribution is -2.01. The molecule has 0 spiro atoms. The number of nitrogens with zero attached hydrogens (tertiary/aromatic N) is 3. The average molecular weight is 347 g/mol. The van der Waals surface area contributed by atoms with Crippen molar-refractivity contribution in [2.45, 2.75) is 12.1 Å². The minimum atomic E-state index is -1.31. The summed E-state index contributed by atoms with van der Waals surface area (Å²) >= 11 is 1.25. The number of carbonyl (C=O) groups excluding carboxylic acids is 1. The number of aromatic nitrogens is 3. The van der Waals surface area contributed by atoms with Crippen LogP contribution in [0.2, 0.25) is 0 Å². The SMILES string of the molecule is COC(=O)c1sc2cnc([S@](C)=O)nc2c1-c1ccc(C)nc1. The number of ether oxygens (including phenoxy) is 1. The molecule has 0 fully saturated rings. The third kappa shape index (κ3) is 2.87. The van der Waals surface area contributed by atoms with E-state index in [9.17, 15) is 9.00 Å². The molecule has 0 unspecified atom stereocenters. The number of carbonyl (C=O) groups is 1. The number of thiophene rings is 1. The molecule has 3 heterocycles. The number of hydrogen-bond acceptors (Lipinski definition) is 7. The maximum atomic E-state index is 12.1. The zero-order valence-corrected chi connectivity index (χ0v) is 14.3. The van der Waals surface area contributed by atoms with E-state index in [1.807, 2.05) is 19.1 Å². The van der Waals surface area contributed by atoms with Crippen molar-refractivity contribution in [1.29, 1.82) is 0 Å². The number of hydrogen-bond donors (Lipinski definition) is 0. The molecule has 3 aromatic heterocycles. The van der Waals surface area contributed by atoms with Crippen LogP contribution in [0.25, 0.3) is 21.3 Å². The summed E-state index contributed by atoms with van der Waals surface area (Å²) in [5.74, 6) is -0.442. The molecule has 0 saturated heterocycles. The fourth-order valence-electron chi connectivity index (χ4n) is 2.14. The summed E-state index contributed by atoms with van der Waals surface area (Å²) in [6.07, 6.45) is 4.79. The predicted octanol–water partition coefficient (Wildman–Crippen LogP) is 2.59. The minimum absolute atomic E-state index is 0.230. The van der Waals surface area contributed by atoms with Gasteiger partial charge in [-0.1, -0.05) is 6.07 Å². The van der Waals surface area contributed by atoms with Crippen LogP contribution in [-0.4, -0.2) is 38.5 Å². The summed E-state index contributed by atoms with van der Waals surface area (Å²) < 4.78 is 17.3. The van der Waals surface area contributed by atoms with Crippen molar-refractivity contribution in [3.63, 3.8) is 0 Å². The minimum Gasteiger partial charge on any atom is -0.465 e. The Hall–Kier alpha value is -2.19. The molecule has 118 valence electrons. The van der Waals surface area contributed by atoms with Crippen LogP contribution in [0.3, 0.4) is 0 Å². The fourth-order valence-corrected chi connectivity index (χ4v) is 3.61. The zero-order chi connectivity index (χ0) is 16.6. The van der Waals surface area contributed by atoms with Crippen molar-refractivity contribution < 1.29 is 13.7 Å².